The van der Waals surface area contributed by atoms with E-state index in [0.29, 0.717) is 27.4 Å². The van der Waals surface area contributed by atoms with E-state index < -0.39 is 11.6 Å². The fraction of sp³-hybridized carbons (Fsp3) is 0.0667. The Kier molecular flexibility index (Phi) is 4.40. The van der Waals surface area contributed by atoms with Gasteiger partial charge in [-0.15, -0.1) is 11.8 Å². The SMILES string of the molecule is Fc1ccc(SCc2nc(-c3cccc(Cl)c3)no2)cc1F. The maximum atomic E-state index is 13.1. The molecule has 0 atom stereocenters. The Balaban J connectivity index is 1.70. The minimum Gasteiger partial charge on any atom is -0.338 e. The van der Waals surface area contributed by atoms with Gasteiger partial charge in [0.1, 0.15) is 0 Å². The van der Waals surface area contributed by atoms with Crippen LogP contribution >= 0.6 is 23.4 Å². The van der Waals surface area contributed by atoms with Crippen LogP contribution in [-0.4, -0.2) is 10.1 Å². The predicted octanol–water partition coefficient (Wildman–Crippen LogP) is 4.96. The minimum atomic E-state index is -0.879. The quantitative estimate of drug-likeness (QED) is 0.630. The molecule has 22 heavy (non-hydrogen) atoms. The highest BCUT2D eigenvalue weighted by atomic mass is 35.5. The fourth-order valence-electron chi connectivity index (χ4n) is 1.77. The van der Waals surface area contributed by atoms with Gasteiger partial charge in [0, 0.05) is 15.5 Å². The van der Waals surface area contributed by atoms with Gasteiger partial charge < -0.3 is 4.52 Å². The molecule has 7 heteroatoms. The molecule has 0 radical (unpaired) electrons. The third kappa shape index (κ3) is 3.45. The molecule has 0 N–H and O–H groups in total. The molecular formula is C15H9ClF2N2OS. The first-order valence-corrected chi connectivity index (χ1v) is 7.64. The van der Waals surface area contributed by atoms with Gasteiger partial charge in [0.05, 0.1) is 5.75 Å². The number of halogens is 3. The second kappa shape index (κ2) is 6.46. The number of rotatable bonds is 4. The van der Waals surface area contributed by atoms with Gasteiger partial charge in [-0.3, -0.25) is 0 Å². The van der Waals surface area contributed by atoms with Crippen LogP contribution in [0.2, 0.25) is 5.02 Å². The van der Waals surface area contributed by atoms with Crippen molar-refractivity contribution in [1.29, 1.82) is 0 Å². The third-order valence-corrected chi connectivity index (χ3v) is 4.02. The van der Waals surface area contributed by atoms with Gasteiger partial charge in [0.2, 0.25) is 11.7 Å². The van der Waals surface area contributed by atoms with Crippen LogP contribution in [0.1, 0.15) is 5.89 Å². The van der Waals surface area contributed by atoms with Crippen molar-refractivity contribution < 1.29 is 13.3 Å². The van der Waals surface area contributed by atoms with E-state index >= 15 is 0 Å². The van der Waals surface area contributed by atoms with Crippen LogP contribution < -0.4 is 0 Å². The Morgan fingerprint density at radius 2 is 1.95 bits per heavy atom. The van der Waals surface area contributed by atoms with E-state index in [2.05, 4.69) is 10.1 Å². The molecule has 3 aromatic rings. The first kappa shape index (κ1) is 15.0. The molecule has 0 amide bonds. The van der Waals surface area contributed by atoms with Crippen LogP contribution in [0.4, 0.5) is 8.78 Å². The molecule has 2 aromatic carbocycles. The Bertz CT molecular complexity index is 810. The summed E-state index contributed by atoms with van der Waals surface area (Å²) in [6.07, 6.45) is 0. The second-order valence-corrected chi connectivity index (χ2v) is 5.87. The van der Waals surface area contributed by atoms with Gasteiger partial charge >= 0.3 is 0 Å². The van der Waals surface area contributed by atoms with E-state index in [1.165, 1.54) is 17.8 Å². The smallest absolute Gasteiger partial charge is 0.237 e. The normalized spacial score (nSPS) is 10.9. The summed E-state index contributed by atoms with van der Waals surface area (Å²) in [7, 11) is 0. The number of nitrogens with zero attached hydrogens (tertiary/aromatic N) is 2. The maximum absolute atomic E-state index is 13.1. The number of hydrogen-bond acceptors (Lipinski definition) is 4. The molecule has 0 fully saturated rings. The zero-order valence-corrected chi connectivity index (χ0v) is 12.7. The van der Waals surface area contributed by atoms with Crippen molar-refractivity contribution in [3.8, 4) is 11.4 Å². The van der Waals surface area contributed by atoms with E-state index in [1.807, 2.05) is 6.07 Å². The molecule has 0 saturated carbocycles. The molecule has 0 aliphatic heterocycles. The van der Waals surface area contributed by atoms with Crippen molar-refractivity contribution in [3.63, 3.8) is 0 Å². The Hall–Kier alpha value is -1.92. The average molecular weight is 339 g/mol. The van der Waals surface area contributed by atoms with Crippen molar-refractivity contribution in [2.75, 3.05) is 0 Å². The lowest BCUT2D eigenvalue weighted by Gasteiger charge is -1.99. The topological polar surface area (TPSA) is 38.9 Å². The molecule has 112 valence electrons. The zero-order chi connectivity index (χ0) is 15.5. The Morgan fingerprint density at radius 1 is 1.09 bits per heavy atom. The van der Waals surface area contributed by atoms with E-state index in [1.54, 1.807) is 18.2 Å². The van der Waals surface area contributed by atoms with Crippen LogP contribution in [0.15, 0.2) is 51.9 Å². The van der Waals surface area contributed by atoms with Crippen LogP contribution in [0.3, 0.4) is 0 Å². The van der Waals surface area contributed by atoms with Crippen LogP contribution in [0.5, 0.6) is 0 Å². The molecule has 0 unspecified atom stereocenters. The van der Waals surface area contributed by atoms with Crippen molar-refractivity contribution >= 4 is 23.4 Å². The summed E-state index contributed by atoms with van der Waals surface area (Å²) >= 11 is 7.19. The largest absolute Gasteiger partial charge is 0.338 e. The van der Waals surface area contributed by atoms with Crippen molar-refractivity contribution in [3.05, 3.63) is 65.0 Å². The Labute approximate surface area is 134 Å². The highest BCUT2D eigenvalue weighted by molar-refractivity contribution is 7.98. The first-order chi connectivity index (χ1) is 10.6. The lowest BCUT2D eigenvalue weighted by Crippen LogP contribution is -1.85. The molecule has 0 bridgehead atoms. The molecule has 0 saturated heterocycles. The molecule has 3 rings (SSSR count). The number of hydrogen-bond donors (Lipinski definition) is 0. The van der Waals surface area contributed by atoms with Gasteiger partial charge in [-0.05, 0) is 30.3 Å². The summed E-state index contributed by atoms with van der Waals surface area (Å²) < 4.78 is 31.1. The van der Waals surface area contributed by atoms with Crippen molar-refractivity contribution in [2.45, 2.75) is 10.6 Å². The number of benzene rings is 2. The first-order valence-electron chi connectivity index (χ1n) is 6.28. The Morgan fingerprint density at radius 3 is 2.73 bits per heavy atom. The summed E-state index contributed by atoms with van der Waals surface area (Å²) in [5.41, 5.74) is 0.750. The average Bonchev–Trinajstić information content (AvgIpc) is 2.97. The minimum absolute atomic E-state index is 0.360. The van der Waals surface area contributed by atoms with Gasteiger partial charge in [0.15, 0.2) is 11.6 Å². The number of thioether (sulfide) groups is 1. The highest BCUT2D eigenvalue weighted by Crippen LogP contribution is 2.25. The van der Waals surface area contributed by atoms with Crippen LogP contribution in [-0.2, 0) is 5.75 Å². The van der Waals surface area contributed by atoms with E-state index in [0.717, 1.165) is 17.7 Å². The monoisotopic (exact) mass is 338 g/mol. The number of aromatic nitrogens is 2. The zero-order valence-electron chi connectivity index (χ0n) is 11.1. The highest BCUT2D eigenvalue weighted by Gasteiger charge is 2.10. The summed E-state index contributed by atoms with van der Waals surface area (Å²) in [6.45, 7) is 0. The van der Waals surface area contributed by atoms with Gasteiger partial charge in [-0.1, -0.05) is 28.9 Å². The summed E-state index contributed by atoms with van der Waals surface area (Å²) in [4.78, 5) is 4.84. The molecule has 0 spiro atoms. The van der Waals surface area contributed by atoms with Crippen LogP contribution in [0.25, 0.3) is 11.4 Å². The standard InChI is InChI=1S/C15H9ClF2N2OS/c16-10-3-1-2-9(6-10)15-19-14(21-20-15)8-22-11-4-5-12(17)13(18)7-11/h1-7H,8H2. The summed E-state index contributed by atoms with van der Waals surface area (Å²) in [6, 6.07) is 10.8. The molecule has 1 aromatic heterocycles. The van der Waals surface area contributed by atoms with E-state index in [4.69, 9.17) is 16.1 Å². The van der Waals surface area contributed by atoms with E-state index in [9.17, 15) is 8.78 Å². The molecular weight excluding hydrogens is 330 g/mol. The van der Waals surface area contributed by atoms with E-state index in [-0.39, 0.29) is 0 Å². The third-order valence-electron chi connectivity index (χ3n) is 2.80. The second-order valence-electron chi connectivity index (χ2n) is 4.39. The van der Waals surface area contributed by atoms with Crippen molar-refractivity contribution in [2.24, 2.45) is 0 Å². The maximum Gasteiger partial charge on any atom is 0.237 e. The predicted molar refractivity (Wildman–Crippen MR) is 80.7 cm³/mol. The van der Waals surface area contributed by atoms with Crippen molar-refractivity contribution in [1.82, 2.24) is 10.1 Å². The molecule has 3 nitrogen and oxygen atoms in total. The summed E-state index contributed by atoms with van der Waals surface area (Å²) in [5.74, 6) is -0.563. The molecule has 1 heterocycles. The van der Waals surface area contributed by atoms with Crippen LogP contribution in [0, 0.1) is 11.6 Å². The summed E-state index contributed by atoms with van der Waals surface area (Å²) in [5, 5.41) is 4.46. The molecule has 0 aliphatic carbocycles. The lowest BCUT2D eigenvalue weighted by atomic mass is 10.2. The molecule has 0 aliphatic rings. The lowest BCUT2D eigenvalue weighted by molar-refractivity contribution is 0.391. The van der Waals surface area contributed by atoms with Gasteiger partial charge in [-0.2, -0.15) is 4.98 Å². The fourth-order valence-corrected chi connectivity index (χ4v) is 2.72. The van der Waals surface area contributed by atoms with Gasteiger partial charge in [-0.25, -0.2) is 8.78 Å². The van der Waals surface area contributed by atoms with Gasteiger partial charge in [0.25, 0.3) is 0 Å².